The Kier molecular flexibility index (Phi) is 6.95. The molecular formula is C10H21BrN4O. The molecule has 0 spiro atoms. The number of alkyl halides is 1. The second kappa shape index (κ2) is 8.00. The molecule has 1 saturated heterocycles. The summed E-state index contributed by atoms with van der Waals surface area (Å²) in [5.41, 5.74) is 5.35. The molecule has 1 rings (SSSR count). The molecule has 1 heterocycles. The standard InChI is InChI=1S/C10H21BrN4O/c11-9-7-10(16)15(8-9)6-5-14-4-3-13-2-1-12/h9,13-14H,1-8,12H2. The van der Waals surface area contributed by atoms with Crippen LogP contribution in [-0.2, 0) is 4.79 Å². The van der Waals surface area contributed by atoms with E-state index >= 15 is 0 Å². The third kappa shape index (κ3) is 5.25. The van der Waals surface area contributed by atoms with Crippen molar-refractivity contribution in [2.75, 3.05) is 45.8 Å². The first kappa shape index (κ1) is 13.9. The third-order valence-electron chi connectivity index (χ3n) is 2.53. The molecule has 1 amide bonds. The van der Waals surface area contributed by atoms with Crippen LogP contribution in [0.25, 0.3) is 0 Å². The minimum Gasteiger partial charge on any atom is -0.340 e. The van der Waals surface area contributed by atoms with Crippen molar-refractivity contribution in [3.63, 3.8) is 0 Å². The summed E-state index contributed by atoms with van der Waals surface area (Å²) < 4.78 is 0. The molecule has 6 heteroatoms. The van der Waals surface area contributed by atoms with Gasteiger partial charge in [-0.05, 0) is 0 Å². The number of halogens is 1. The molecule has 0 aromatic rings. The predicted octanol–water partition coefficient (Wildman–Crippen LogP) is -0.880. The molecular weight excluding hydrogens is 272 g/mol. The van der Waals surface area contributed by atoms with Crippen LogP contribution in [0.1, 0.15) is 6.42 Å². The van der Waals surface area contributed by atoms with Crippen molar-refractivity contribution in [2.24, 2.45) is 5.73 Å². The van der Waals surface area contributed by atoms with Gasteiger partial charge in [0.25, 0.3) is 0 Å². The molecule has 0 bridgehead atoms. The molecule has 1 aliphatic heterocycles. The maximum Gasteiger partial charge on any atom is 0.223 e. The van der Waals surface area contributed by atoms with Gasteiger partial charge in [-0.1, -0.05) is 15.9 Å². The number of nitrogens with one attached hydrogen (secondary N) is 2. The Morgan fingerprint density at radius 2 is 2.00 bits per heavy atom. The van der Waals surface area contributed by atoms with E-state index < -0.39 is 0 Å². The van der Waals surface area contributed by atoms with Gasteiger partial charge in [0, 0.05) is 57.1 Å². The van der Waals surface area contributed by atoms with Crippen molar-refractivity contribution in [3.8, 4) is 0 Å². The van der Waals surface area contributed by atoms with E-state index in [0.717, 1.165) is 39.3 Å². The molecule has 1 unspecified atom stereocenters. The number of nitrogens with zero attached hydrogens (tertiary/aromatic N) is 1. The Morgan fingerprint density at radius 1 is 1.31 bits per heavy atom. The summed E-state index contributed by atoms with van der Waals surface area (Å²) in [7, 11) is 0. The Hall–Kier alpha value is -0.170. The van der Waals surface area contributed by atoms with Crippen molar-refractivity contribution in [1.29, 1.82) is 0 Å². The first-order valence-corrected chi connectivity index (χ1v) is 6.69. The second-order valence-corrected chi connectivity index (χ2v) is 5.22. The number of hydrogen-bond acceptors (Lipinski definition) is 4. The van der Waals surface area contributed by atoms with Gasteiger partial charge in [-0.2, -0.15) is 0 Å². The van der Waals surface area contributed by atoms with Crippen LogP contribution in [0.4, 0.5) is 0 Å². The normalized spacial score (nSPS) is 20.8. The van der Waals surface area contributed by atoms with E-state index in [-0.39, 0.29) is 5.91 Å². The molecule has 16 heavy (non-hydrogen) atoms. The van der Waals surface area contributed by atoms with Gasteiger partial charge in [-0.15, -0.1) is 0 Å². The van der Waals surface area contributed by atoms with Crippen molar-refractivity contribution >= 4 is 21.8 Å². The van der Waals surface area contributed by atoms with E-state index in [0.29, 0.717) is 17.8 Å². The molecule has 0 saturated carbocycles. The molecule has 4 N–H and O–H groups in total. The summed E-state index contributed by atoms with van der Waals surface area (Å²) in [5, 5.41) is 6.50. The fourth-order valence-corrected chi connectivity index (χ4v) is 2.31. The van der Waals surface area contributed by atoms with E-state index in [1.165, 1.54) is 0 Å². The van der Waals surface area contributed by atoms with Crippen LogP contribution >= 0.6 is 15.9 Å². The topological polar surface area (TPSA) is 70.4 Å². The van der Waals surface area contributed by atoms with Gasteiger partial charge in [-0.3, -0.25) is 4.79 Å². The minimum absolute atomic E-state index is 0.255. The van der Waals surface area contributed by atoms with Crippen molar-refractivity contribution in [3.05, 3.63) is 0 Å². The first-order valence-electron chi connectivity index (χ1n) is 5.77. The van der Waals surface area contributed by atoms with Crippen LogP contribution in [0.5, 0.6) is 0 Å². The van der Waals surface area contributed by atoms with E-state index in [1.807, 2.05) is 4.90 Å². The zero-order chi connectivity index (χ0) is 11.8. The van der Waals surface area contributed by atoms with Crippen LogP contribution in [-0.4, -0.2) is 61.4 Å². The fraction of sp³-hybridized carbons (Fsp3) is 0.900. The predicted molar refractivity (Wildman–Crippen MR) is 68.7 cm³/mol. The molecule has 94 valence electrons. The largest absolute Gasteiger partial charge is 0.340 e. The number of carbonyl (C=O) groups excluding carboxylic acids is 1. The Labute approximate surface area is 105 Å². The SMILES string of the molecule is NCCNCCNCCN1CC(Br)CC1=O. The van der Waals surface area contributed by atoms with Crippen LogP contribution in [0, 0.1) is 0 Å². The summed E-state index contributed by atoms with van der Waals surface area (Å²) in [6, 6.07) is 0. The fourth-order valence-electron chi connectivity index (χ4n) is 1.68. The number of likely N-dealkylation sites (tertiary alicyclic amines) is 1. The van der Waals surface area contributed by atoms with Crippen LogP contribution in [0.2, 0.25) is 0 Å². The zero-order valence-corrected chi connectivity index (χ0v) is 11.1. The van der Waals surface area contributed by atoms with E-state index in [1.54, 1.807) is 0 Å². The molecule has 5 nitrogen and oxygen atoms in total. The molecule has 0 radical (unpaired) electrons. The van der Waals surface area contributed by atoms with E-state index in [4.69, 9.17) is 5.73 Å². The molecule has 1 aliphatic rings. The number of amides is 1. The summed E-state index contributed by atoms with van der Waals surface area (Å²) in [6.07, 6.45) is 0.637. The summed E-state index contributed by atoms with van der Waals surface area (Å²) in [6.45, 7) is 5.87. The highest BCUT2D eigenvalue weighted by Gasteiger charge is 2.26. The molecule has 0 aromatic heterocycles. The monoisotopic (exact) mass is 292 g/mol. The van der Waals surface area contributed by atoms with Crippen molar-refractivity contribution in [2.45, 2.75) is 11.2 Å². The smallest absolute Gasteiger partial charge is 0.223 e. The quantitative estimate of drug-likeness (QED) is 0.401. The van der Waals surface area contributed by atoms with E-state index in [9.17, 15) is 4.79 Å². The van der Waals surface area contributed by atoms with Gasteiger partial charge in [-0.25, -0.2) is 0 Å². The van der Waals surface area contributed by atoms with Gasteiger partial charge >= 0.3 is 0 Å². The Bertz CT molecular complexity index is 215. The molecule has 1 atom stereocenters. The van der Waals surface area contributed by atoms with Crippen LogP contribution < -0.4 is 16.4 Å². The maximum atomic E-state index is 11.4. The zero-order valence-electron chi connectivity index (χ0n) is 9.54. The first-order chi connectivity index (χ1) is 7.74. The van der Waals surface area contributed by atoms with Gasteiger partial charge in [0.1, 0.15) is 0 Å². The lowest BCUT2D eigenvalue weighted by atomic mass is 10.4. The molecule has 1 fully saturated rings. The summed E-state index contributed by atoms with van der Waals surface area (Å²) >= 11 is 3.47. The van der Waals surface area contributed by atoms with E-state index in [2.05, 4.69) is 26.6 Å². The minimum atomic E-state index is 0.255. The second-order valence-electron chi connectivity index (χ2n) is 3.93. The lowest BCUT2D eigenvalue weighted by molar-refractivity contribution is -0.127. The van der Waals surface area contributed by atoms with Gasteiger partial charge in [0.15, 0.2) is 0 Å². The molecule has 0 aromatic carbocycles. The number of carbonyl (C=O) groups is 1. The lowest BCUT2D eigenvalue weighted by Crippen LogP contribution is -2.36. The summed E-state index contributed by atoms with van der Waals surface area (Å²) in [5.74, 6) is 0.255. The van der Waals surface area contributed by atoms with Crippen LogP contribution in [0.3, 0.4) is 0 Å². The Morgan fingerprint density at radius 3 is 2.56 bits per heavy atom. The van der Waals surface area contributed by atoms with Gasteiger partial charge < -0.3 is 21.3 Å². The summed E-state index contributed by atoms with van der Waals surface area (Å²) in [4.78, 5) is 13.7. The van der Waals surface area contributed by atoms with Crippen molar-refractivity contribution < 1.29 is 4.79 Å². The van der Waals surface area contributed by atoms with Crippen LogP contribution in [0.15, 0.2) is 0 Å². The Balaban J connectivity index is 1.93. The number of rotatable bonds is 8. The highest BCUT2D eigenvalue weighted by atomic mass is 79.9. The highest BCUT2D eigenvalue weighted by molar-refractivity contribution is 9.09. The van der Waals surface area contributed by atoms with Gasteiger partial charge in [0.05, 0.1) is 0 Å². The molecule has 0 aliphatic carbocycles. The lowest BCUT2D eigenvalue weighted by Gasteiger charge is -2.16. The average molecular weight is 293 g/mol. The number of hydrogen-bond donors (Lipinski definition) is 3. The maximum absolute atomic E-state index is 11.4. The average Bonchev–Trinajstić information content (AvgIpc) is 2.56. The van der Waals surface area contributed by atoms with Crippen molar-refractivity contribution in [1.82, 2.24) is 15.5 Å². The van der Waals surface area contributed by atoms with Gasteiger partial charge in [0.2, 0.25) is 5.91 Å². The number of nitrogens with two attached hydrogens (primary N) is 1. The third-order valence-corrected chi connectivity index (χ3v) is 3.14. The highest BCUT2D eigenvalue weighted by Crippen LogP contribution is 2.16.